The van der Waals surface area contributed by atoms with E-state index in [1.54, 1.807) is 0 Å². The van der Waals surface area contributed by atoms with Gasteiger partial charge in [0.25, 0.3) is 5.56 Å². The number of unbranched alkanes of at least 4 members (excludes halogenated alkanes) is 1. The van der Waals surface area contributed by atoms with Crippen LogP contribution < -0.4 is 11.3 Å². The molecule has 0 bridgehead atoms. The molecular weight excluding hydrogens is 365 g/mol. The molecule has 4 nitrogen and oxygen atoms in total. The number of anilines is 1. The fourth-order valence-electron chi connectivity index (χ4n) is 2.12. The van der Waals surface area contributed by atoms with E-state index in [4.69, 9.17) is 5.73 Å². The monoisotopic (exact) mass is 383 g/mol. The predicted molar refractivity (Wildman–Crippen MR) is 89.8 cm³/mol. The first-order valence-corrected chi connectivity index (χ1v) is 7.80. The van der Waals surface area contributed by atoms with E-state index >= 15 is 0 Å². The van der Waals surface area contributed by atoms with E-state index in [0.717, 1.165) is 36.1 Å². The first-order valence-electron chi connectivity index (χ1n) is 6.72. The number of halogens is 1. The first-order chi connectivity index (χ1) is 9.60. The Hall–Kier alpha value is -1.37. The molecule has 2 aromatic rings. The zero-order chi connectivity index (χ0) is 14.5. The minimum Gasteiger partial charge on any atom is -0.369 e. The van der Waals surface area contributed by atoms with Crippen molar-refractivity contribution in [1.29, 1.82) is 0 Å². The number of aryl methyl sites for hydroxylation is 1. The Morgan fingerprint density at radius 2 is 2.00 bits per heavy atom. The lowest BCUT2D eigenvalue weighted by Crippen LogP contribution is -2.20. The highest BCUT2D eigenvalue weighted by molar-refractivity contribution is 14.1. The van der Waals surface area contributed by atoms with Gasteiger partial charge >= 0.3 is 0 Å². The fraction of sp³-hybridized carbons (Fsp3) is 0.333. The van der Waals surface area contributed by atoms with Crippen molar-refractivity contribution in [2.45, 2.75) is 32.6 Å². The van der Waals surface area contributed by atoms with Gasteiger partial charge in [0.15, 0.2) is 0 Å². The van der Waals surface area contributed by atoms with Gasteiger partial charge in [-0.15, -0.1) is 0 Å². The average Bonchev–Trinajstić information content (AvgIpc) is 2.42. The third-order valence-electron chi connectivity index (χ3n) is 3.20. The molecule has 1 heterocycles. The summed E-state index contributed by atoms with van der Waals surface area (Å²) in [5.41, 5.74) is 8.19. The molecule has 5 heteroatoms. The van der Waals surface area contributed by atoms with Gasteiger partial charge in [-0.2, -0.15) is 4.98 Å². The molecule has 20 heavy (non-hydrogen) atoms. The maximum Gasteiger partial charge on any atom is 0.278 e. The van der Waals surface area contributed by atoms with Crippen LogP contribution in [0.15, 0.2) is 29.1 Å². The zero-order valence-corrected chi connectivity index (χ0v) is 13.6. The average molecular weight is 383 g/mol. The Morgan fingerprint density at radius 3 is 2.65 bits per heavy atom. The number of H-pyrrole nitrogens is 1. The van der Waals surface area contributed by atoms with E-state index in [-0.39, 0.29) is 11.5 Å². The molecule has 0 aliphatic rings. The van der Waals surface area contributed by atoms with Gasteiger partial charge in [-0.3, -0.25) is 4.79 Å². The molecular formula is C15H18IN3O. The van der Waals surface area contributed by atoms with Crippen LogP contribution in [-0.4, -0.2) is 9.97 Å². The maximum absolute atomic E-state index is 12.1. The molecule has 3 N–H and O–H groups in total. The molecule has 1 aromatic carbocycles. The topological polar surface area (TPSA) is 71.8 Å². The molecule has 0 saturated carbocycles. The standard InChI is InChI=1S/C15H18IN3O/c1-2-3-4-13-12(14(20)19-15(17)18-13)9-10-5-7-11(16)8-6-10/h5-8H,2-4,9H2,1H3,(H3,17,18,19,20). The van der Waals surface area contributed by atoms with Gasteiger partial charge in [-0.25, -0.2) is 0 Å². The second-order valence-corrected chi connectivity index (χ2v) is 6.04. The van der Waals surface area contributed by atoms with Crippen LogP contribution in [0, 0.1) is 3.57 Å². The van der Waals surface area contributed by atoms with Gasteiger partial charge in [-0.1, -0.05) is 25.5 Å². The second-order valence-electron chi connectivity index (χ2n) is 4.79. The fourth-order valence-corrected chi connectivity index (χ4v) is 2.48. The highest BCUT2D eigenvalue weighted by Gasteiger charge is 2.10. The summed E-state index contributed by atoms with van der Waals surface area (Å²) in [4.78, 5) is 19.0. The van der Waals surface area contributed by atoms with Crippen LogP contribution in [0.2, 0.25) is 0 Å². The number of rotatable bonds is 5. The number of aromatic amines is 1. The summed E-state index contributed by atoms with van der Waals surface area (Å²) < 4.78 is 1.18. The van der Waals surface area contributed by atoms with Gasteiger partial charge in [0, 0.05) is 21.2 Å². The lowest BCUT2D eigenvalue weighted by molar-refractivity contribution is 0.762. The van der Waals surface area contributed by atoms with E-state index in [1.807, 2.05) is 24.3 Å². The van der Waals surface area contributed by atoms with E-state index in [1.165, 1.54) is 3.57 Å². The van der Waals surface area contributed by atoms with Crippen molar-refractivity contribution in [2.24, 2.45) is 0 Å². The number of nitrogens with two attached hydrogens (primary N) is 1. The number of aromatic nitrogens is 2. The summed E-state index contributed by atoms with van der Waals surface area (Å²) >= 11 is 2.27. The minimum absolute atomic E-state index is 0.201. The van der Waals surface area contributed by atoms with Crippen LogP contribution in [0.1, 0.15) is 36.6 Å². The lowest BCUT2D eigenvalue weighted by Gasteiger charge is -2.09. The van der Waals surface area contributed by atoms with Crippen LogP contribution in [-0.2, 0) is 12.8 Å². The zero-order valence-electron chi connectivity index (χ0n) is 11.4. The molecule has 0 aliphatic carbocycles. The molecule has 0 spiro atoms. The molecule has 0 saturated heterocycles. The Balaban J connectivity index is 2.34. The Kier molecular flexibility index (Phi) is 5.17. The smallest absolute Gasteiger partial charge is 0.278 e. The molecule has 0 unspecified atom stereocenters. The second kappa shape index (κ2) is 6.88. The lowest BCUT2D eigenvalue weighted by atomic mass is 10.0. The molecule has 0 amide bonds. The summed E-state index contributed by atoms with van der Waals surface area (Å²) in [5, 5.41) is 0. The number of nitrogens with one attached hydrogen (secondary N) is 1. The van der Waals surface area contributed by atoms with Gasteiger partial charge in [0.2, 0.25) is 5.95 Å². The number of benzene rings is 1. The number of nitrogen functional groups attached to an aromatic ring is 1. The van der Waals surface area contributed by atoms with Crippen LogP contribution in [0.25, 0.3) is 0 Å². The van der Waals surface area contributed by atoms with Gasteiger partial charge in [-0.05, 0) is 53.1 Å². The quantitative estimate of drug-likeness (QED) is 0.780. The predicted octanol–water partition coefficient (Wildman–Crippen LogP) is 2.89. The van der Waals surface area contributed by atoms with Crippen molar-refractivity contribution in [3.63, 3.8) is 0 Å². The molecule has 2 rings (SSSR count). The molecule has 0 atom stereocenters. The van der Waals surface area contributed by atoms with E-state index in [2.05, 4.69) is 39.5 Å². The Labute approximate surface area is 132 Å². The summed E-state index contributed by atoms with van der Waals surface area (Å²) in [6.07, 6.45) is 3.53. The summed E-state index contributed by atoms with van der Waals surface area (Å²) in [7, 11) is 0. The largest absolute Gasteiger partial charge is 0.369 e. The van der Waals surface area contributed by atoms with Gasteiger partial charge in [0.05, 0.1) is 0 Å². The number of hydrogen-bond acceptors (Lipinski definition) is 3. The van der Waals surface area contributed by atoms with Gasteiger partial charge in [0.1, 0.15) is 0 Å². The summed E-state index contributed by atoms with van der Waals surface area (Å²) in [5.74, 6) is 0.201. The number of nitrogens with zero attached hydrogens (tertiary/aromatic N) is 1. The normalized spacial score (nSPS) is 10.7. The molecule has 0 fully saturated rings. The van der Waals surface area contributed by atoms with Crippen molar-refractivity contribution in [2.75, 3.05) is 5.73 Å². The Morgan fingerprint density at radius 1 is 1.30 bits per heavy atom. The van der Waals surface area contributed by atoms with Crippen LogP contribution in [0.4, 0.5) is 5.95 Å². The third-order valence-corrected chi connectivity index (χ3v) is 3.92. The highest BCUT2D eigenvalue weighted by Crippen LogP contribution is 2.14. The molecule has 0 radical (unpaired) electrons. The van der Waals surface area contributed by atoms with E-state index in [0.29, 0.717) is 6.42 Å². The van der Waals surface area contributed by atoms with Gasteiger partial charge < -0.3 is 10.7 Å². The van der Waals surface area contributed by atoms with Crippen molar-refractivity contribution < 1.29 is 0 Å². The van der Waals surface area contributed by atoms with Crippen LogP contribution in [0.5, 0.6) is 0 Å². The molecule has 106 valence electrons. The number of hydrogen-bond donors (Lipinski definition) is 2. The minimum atomic E-state index is -0.217. The van der Waals surface area contributed by atoms with Crippen molar-refractivity contribution in [3.05, 3.63) is 55.0 Å². The highest BCUT2D eigenvalue weighted by atomic mass is 127. The van der Waals surface area contributed by atoms with E-state index < -0.39 is 0 Å². The molecule has 0 aliphatic heterocycles. The van der Waals surface area contributed by atoms with Crippen LogP contribution >= 0.6 is 22.6 Å². The molecule has 1 aromatic heterocycles. The van der Waals surface area contributed by atoms with E-state index in [9.17, 15) is 4.79 Å². The van der Waals surface area contributed by atoms with Crippen molar-refractivity contribution in [1.82, 2.24) is 9.97 Å². The maximum atomic E-state index is 12.1. The van der Waals surface area contributed by atoms with Crippen molar-refractivity contribution >= 4 is 28.5 Å². The third kappa shape index (κ3) is 3.82. The first kappa shape index (κ1) is 15.0. The van der Waals surface area contributed by atoms with Crippen molar-refractivity contribution in [3.8, 4) is 0 Å². The summed E-state index contributed by atoms with van der Waals surface area (Å²) in [6, 6.07) is 8.17. The summed E-state index contributed by atoms with van der Waals surface area (Å²) in [6.45, 7) is 2.13. The van der Waals surface area contributed by atoms with Crippen LogP contribution in [0.3, 0.4) is 0 Å². The SMILES string of the molecule is CCCCc1[nH]c(N)nc(=O)c1Cc1ccc(I)cc1. The Bertz CT molecular complexity index is 635.